The summed E-state index contributed by atoms with van der Waals surface area (Å²) in [5.41, 5.74) is 2.29. The van der Waals surface area contributed by atoms with Gasteiger partial charge in [-0.15, -0.1) is 0 Å². The first-order chi connectivity index (χ1) is 12.0. The van der Waals surface area contributed by atoms with Crippen LogP contribution in [-0.2, 0) is 13.6 Å². The molecule has 130 valence electrons. The Morgan fingerprint density at radius 2 is 2.12 bits per heavy atom. The number of rotatable bonds is 5. The molecule has 2 aromatic heterocycles. The fraction of sp³-hybridized carbons (Fsp3) is 0.200. The van der Waals surface area contributed by atoms with Gasteiger partial charge in [0.1, 0.15) is 5.75 Å². The van der Waals surface area contributed by atoms with Crippen molar-refractivity contribution in [3.63, 3.8) is 0 Å². The van der Waals surface area contributed by atoms with Gasteiger partial charge < -0.3 is 14.8 Å². The molecule has 0 amide bonds. The number of fused-ring (bicyclic) bond motifs is 1. The van der Waals surface area contributed by atoms with Crippen LogP contribution in [0.1, 0.15) is 5.56 Å². The predicted octanol–water partition coefficient (Wildman–Crippen LogP) is -0.433. The SMILES string of the molecule is Cn1c(=O)[nH]c(=O)c2c1nc(NN=Cc1ccccc1O)n2CCO. The van der Waals surface area contributed by atoms with E-state index in [4.69, 9.17) is 0 Å². The second kappa shape index (κ2) is 6.61. The first-order valence-corrected chi connectivity index (χ1v) is 7.40. The number of anilines is 1. The molecule has 0 atom stereocenters. The van der Waals surface area contributed by atoms with Crippen LogP contribution in [0.4, 0.5) is 5.95 Å². The lowest BCUT2D eigenvalue weighted by Crippen LogP contribution is -2.29. The molecule has 3 rings (SSSR count). The Bertz CT molecular complexity index is 1060. The minimum Gasteiger partial charge on any atom is -0.507 e. The van der Waals surface area contributed by atoms with Crippen LogP contribution in [0.5, 0.6) is 5.75 Å². The lowest BCUT2D eigenvalue weighted by molar-refractivity contribution is 0.278. The number of nitrogens with zero attached hydrogens (tertiary/aromatic N) is 4. The Morgan fingerprint density at radius 1 is 1.36 bits per heavy atom. The number of aromatic amines is 1. The third-order valence-electron chi connectivity index (χ3n) is 3.64. The number of aliphatic hydroxyl groups is 1. The Balaban J connectivity index is 2.04. The number of phenols is 1. The minimum absolute atomic E-state index is 0.0655. The largest absolute Gasteiger partial charge is 0.507 e. The number of aryl methyl sites for hydroxylation is 1. The van der Waals surface area contributed by atoms with Crippen LogP contribution in [-0.4, -0.2) is 42.1 Å². The van der Waals surface area contributed by atoms with Crippen LogP contribution in [0.25, 0.3) is 11.2 Å². The lowest BCUT2D eigenvalue weighted by Gasteiger charge is -2.05. The van der Waals surface area contributed by atoms with E-state index in [0.29, 0.717) is 5.56 Å². The smallest absolute Gasteiger partial charge is 0.329 e. The molecule has 10 nitrogen and oxygen atoms in total. The summed E-state index contributed by atoms with van der Waals surface area (Å²) < 4.78 is 2.62. The molecule has 25 heavy (non-hydrogen) atoms. The van der Waals surface area contributed by atoms with Crippen LogP contribution in [0.15, 0.2) is 39.0 Å². The van der Waals surface area contributed by atoms with Crippen molar-refractivity contribution < 1.29 is 10.2 Å². The molecule has 0 spiro atoms. The first kappa shape index (κ1) is 16.5. The van der Waals surface area contributed by atoms with E-state index in [0.717, 1.165) is 0 Å². The van der Waals surface area contributed by atoms with Gasteiger partial charge in [-0.25, -0.2) is 10.2 Å². The van der Waals surface area contributed by atoms with Gasteiger partial charge in [0, 0.05) is 19.2 Å². The fourth-order valence-electron chi connectivity index (χ4n) is 2.39. The first-order valence-electron chi connectivity index (χ1n) is 7.40. The molecule has 0 aliphatic carbocycles. The molecule has 0 radical (unpaired) electrons. The highest BCUT2D eigenvalue weighted by Gasteiger charge is 2.16. The molecule has 4 N–H and O–H groups in total. The van der Waals surface area contributed by atoms with E-state index in [-0.39, 0.29) is 36.0 Å². The van der Waals surface area contributed by atoms with Gasteiger partial charge in [-0.3, -0.25) is 14.3 Å². The van der Waals surface area contributed by atoms with Gasteiger partial charge in [0.15, 0.2) is 11.2 Å². The molecule has 3 aromatic rings. The number of imidazole rings is 1. The maximum Gasteiger partial charge on any atom is 0.329 e. The van der Waals surface area contributed by atoms with Gasteiger partial charge in [-0.1, -0.05) is 12.1 Å². The number of aromatic nitrogens is 4. The topological polar surface area (TPSA) is 138 Å². The van der Waals surface area contributed by atoms with E-state index < -0.39 is 11.2 Å². The van der Waals surface area contributed by atoms with Crippen molar-refractivity contribution in [3.05, 3.63) is 50.7 Å². The average Bonchev–Trinajstić information content (AvgIpc) is 2.94. The molecule has 0 aliphatic heterocycles. The Kier molecular flexibility index (Phi) is 4.35. The second-order valence-corrected chi connectivity index (χ2v) is 5.23. The Hall–Kier alpha value is -3.40. The highest BCUT2D eigenvalue weighted by molar-refractivity contribution is 5.83. The summed E-state index contributed by atoms with van der Waals surface area (Å²) in [4.78, 5) is 30.2. The van der Waals surface area contributed by atoms with Gasteiger partial charge in [0.2, 0.25) is 5.95 Å². The number of aliphatic hydroxyl groups excluding tert-OH is 1. The number of hydrogen-bond donors (Lipinski definition) is 4. The number of hydrogen-bond acceptors (Lipinski definition) is 7. The van der Waals surface area contributed by atoms with E-state index in [2.05, 4.69) is 20.5 Å². The van der Waals surface area contributed by atoms with Crippen LogP contribution in [0.2, 0.25) is 0 Å². The zero-order chi connectivity index (χ0) is 18.0. The standard InChI is InChI=1S/C15H16N6O4/c1-20-12-11(13(24)18-15(20)25)21(6-7-22)14(17-12)19-16-8-9-4-2-3-5-10(9)23/h2-5,8,22-23H,6-7H2,1H3,(H,17,19)(H,18,24,25). The molecule has 0 saturated heterocycles. The van der Waals surface area contributed by atoms with Crippen LogP contribution in [0.3, 0.4) is 0 Å². The van der Waals surface area contributed by atoms with Gasteiger partial charge in [-0.2, -0.15) is 10.1 Å². The highest BCUT2D eigenvalue weighted by atomic mass is 16.3. The summed E-state index contributed by atoms with van der Waals surface area (Å²) in [5.74, 6) is 0.248. The van der Waals surface area contributed by atoms with E-state index in [1.807, 2.05) is 0 Å². The zero-order valence-electron chi connectivity index (χ0n) is 13.3. The van der Waals surface area contributed by atoms with Crippen molar-refractivity contribution in [2.45, 2.75) is 6.54 Å². The molecule has 0 unspecified atom stereocenters. The minimum atomic E-state index is -0.600. The second-order valence-electron chi connectivity index (χ2n) is 5.23. The predicted molar refractivity (Wildman–Crippen MR) is 92.0 cm³/mol. The van der Waals surface area contributed by atoms with E-state index >= 15 is 0 Å². The maximum atomic E-state index is 12.1. The van der Waals surface area contributed by atoms with E-state index in [1.165, 1.54) is 28.5 Å². The highest BCUT2D eigenvalue weighted by Crippen LogP contribution is 2.16. The van der Waals surface area contributed by atoms with Crippen LogP contribution < -0.4 is 16.7 Å². The van der Waals surface area contributed by atoms with Crippen molar-refractivity contribution in [2.24, 2.45) is 12.1 Å². The molecule has 0 fully saturated rings. The third-order valence-corrected chi connectivity index (χ3v) is 3.64. The van der Waals surface area contributed by atoms with E-state index in [1.54, 1.807) is 18.2 Å². The summed E-state index contributed by atoms with van der Waals surface area (Å²) in [6.45, 7) is -0.141. The maximum absolute atomic E-state index is 12.1. The summed E-state index contributed by atoms with van der Waals surface area (Å²) in [5, 5.41) is 22.9. The van der Waals surface area contributed by atoms with Crippen molar-refractivity contribution in [1.82, 2.24) is 19.1 Å². The summed E-state index contributed by atoms with van der Waals surface area (Å²) in [6, 6.07) is 6.63. The van der Waals surface area contributed by atoms with Gasteiger partial charge in [0.05, 0.1) is 12.8 Å². The van der Waals surface area contributed by atoms with Crippen molar-refractivity contribution in [2.75, 3.05) is 12.0 Å². The van der Waals surface area contributed by atoms with E-state index in [9.17, 15) is 19.8 Å². The van der Waals surface area contributed by atoms with Crippen molar-refractivity contribution in [3.8, 4) is 5.75 Å². The number of benzene rings is 1. The van der Waals surface area contributed by atoms with Crippen LogP contribution in [0, 0.1) is 0 Å². The molecule has 0 aliphatic rings. The Morgan fingerprint density at radius 3 is 2.84 bits per heavy atom. The molecule has 0 saturated carbocycles. The summed E-state index contributed by atoms with van der Waals surface area (Å²) in [7, 11) is 1.48. The number of aromatic hydroxyl groups is 1. The summed E-state index contributed by atoms with van der Waals surface area (Å²) >= 11 is 0. The molecular formula is C15H16N6O4. The van der Waals surface area contributed by atoms with Gasteiger partial charge in [-0.05, 0) is 12.1 Å². The normalized spacial score (nSPS) is 11.4. The zero-order valence-corrected chi connectivity index (χ0v) is 13.3. The third kappa shape index (κ3) is 3.02. The van der Waals surface area contributed by atoms with Gasteiger partial charge in [0.25, 0.3) is 5.56 Å². The molecule has 2 heterocycles. The molecular weight excluding hydrogens is 328 g/mol. The molecule has 10 heteroatoms. The number of phenolic OH excluding ortho intramolecular Hbond substituents is 1. The molecule has 0 bridgehead atoms. The number of para-hydroxylation sites is 1. The summed E-state index contributed by atoms with van der Waals surface area (Å²) in [6.07, 6.45) is 1.39. The Labute approximate surface area is 140 Å². The monoisotopic (exact) mass is 344 g/mol. The van der Waals surface area contributed by atoms with Crippen LogP contribution >= 0.6 is 0 Å². The number of H-pyrrole nitrogens is 1. The molecule has 1 aromatic carbocycles. The quantitative estimate of drug-likeness (QED) is 0.366. The lowest BCUT2D eigenvalue weighted by atomic mass is 10.2. The van der Waals surface area contributed by atoms with Gasteiger partial charge >= 0.3 is 5.69 Å². The van der Waals surface area contributed by atoms with Crippen molar-refractivity contribution >= 4 is 23.3 Å². The number of nitrogens with one attached hydrogen (secondary N) is 2. The average molecular weight is 344 g/mol. The van der Waals surface area contributed by atoms with Crippen molar-refractivity contribution in [1.29, 1.82) is 0 Å². The number of hydrazone groups is 1. The fourth-order valence-corrected chi connectivity index (χ4v) is 2.39.